The van der Waals surface area contributed by atoms with E-state index in [1.54, 1.807) is 0 Å². The average Bonchev–Trinajstić information content (AvgIpc) is 2.57. The molecule has 0 aromatic carbocycles. The predicted octanol–water partition coefficient (Wildman–Crippen LogP) is 3.94. The van der Waals surface area contributed by atoms with Crippen LogP contribution in [0.15, 0.2) is 0 Å². The largest absolute Gasteiger partial charge is 0.304 e. The second kappa shape index (κ2) is 8.27. The first-order valence-corrected chi connectivity index (χ1v) is 11.1. The summed E-state index contributed by atoms with van der Waals surface area (Å²) in [6, 6.07) is 0. The highest BCUT2D eigenvalue weighted by molar-refractivity contribution is 4.98. The number of piperazine rings is 1. The Bertz CT molecular complexity index is 399. The molecule has 0 N–H and O–H groups in total. The van der Waals surface area contributed by atoms with Crippen LogP contribution in [0.5, 0.6) is 0 Å². The summed E-state index contributed by atoms with van der Waals surface area (Å²) in [4.78, 5) is 7.99. The molecule has 0 bridgehead atoms. The molecule has 25 heavy (non-hydrogen) atoms. The van der Waals surface area contributed by atoms with Gasteiger partial charge in [-0.25, -0.2) is 0 Å². The average molecular weight is 350 g/mol. The highest BCUT2D eigenvalue weighted by Gasteiger charge is 2.46. The standard InChI is InChI=1S/C22H43N3/c1-5-7-21(3,6-2)19-25-10-8-22(9-11-25)16-20(17-22)18-24-14-12-23(4)13-15-24/h20H,5-19H2,1-4H3. The number of likely N-dealkylation sites (tertiary alicyclic amines) is 1. The van der Waals surface area contributed by atoms with Crippen LogP contribution in [-0.4, -0.2) is 74.1 Å². The van der Waals surface area contributed by atoms with Crippen molar-refractivity contribution in [3.63, 3.8) is 0 Å². The van der Waals surface area contributed by atoms with Crippen molar-refractivity contribution in [3.8, 4) is 0 Å². The first-order valence-electron chi connectivity index (χ1n) is 11.1. The molecule has 3 fully saturated rings. The van der Waals surface area contributed by atoms with E-state index in [2.05, 4.69) is 42.5 Å². The topological polar surface area (TPSA) is 9.72 Å². The minimum absolute atomic E-state index is 0.544. The van der Waals surface area contributed by atoms with Crippen LogP contribution in [0.25, 0.3) is 0 Å². The van der Waals surface area contributed by atoms with Gasteiger partial charge >= 0.3 is 0 Å². The quantitative estimate of drug-likeness (QED) is 0.689. The van der Waals surface area contributed by atoms with E-state index in [0.29, 0.717) is 5.41 Å². The number of nitrogens with zero attached hydrogens (tertiary/aromatic N) is 3. The van der Waals surface area contributed by atoms with Gasteiger partial charge in [-0.1, -0.05) is 27.2 Å². The van der Waals surface area contributed by atoms with Crippen molar-refractivity contribution >= 4 is 0 Å². The molecule has 1 unspecified atom stereocenters. The zero-order valence-corrected chi connectivity index (χ0v) is 17.5. The van der Waals surface area contributed by atoms with Gasteiger partial charge in [0.2, 0.25) is 0 Å². The third-order valence-corrected chi connectivity index (χ3v) is 7.78. The summed E-state index contributed by atoms with van der Waals surface area (Å²) in [6.45, 7) is 17.8. The second-order valence-electron chi connectivity index (χ2n) is 10.1. The summed E-state index contributed by atoms with van der Waals surface area (Å²) < 4.78 is 0. The minimum atomic E-state index is 0.544. The van der Waals surface area contributed by atoms with Gasteiger partial charge in [0.15, 0.2) is 0 Å². The fourth-order valence-electron chi connectivity index (χ4n) is 5.79. The van der Waals surface area contributed by atoms with E-state index >= 15 is 0 Å². The van der Waals surface area contributed by atoms with Crippen molar-refractivity contribution in [2.75, 3.05) is 59.4 Å². The molecule has 0 aromatic heterocycles. The Morgan fingerprint density at radius 2 is 1.56 bits per heavy atom. The fourth-order valence-corrected chi connectivity index (χ4v) is 5.79. The zero-order chi connectivity index (χ0) is 17.9. The Hall–Kier alpha value is -0.120. The lowest BCUT2D eigenvalue weighted by Crippen LogP contribution is -2.53. The maximum atomic E-state index is 2.79. The molecule has 1 saturated carbocycles. The maximum Gasteiger partial charge on any atom is 0.0110 e. The van der Waals surface area contributed by atoms with E-state index in [0.717, 1.165) is 11.3 Å². The van der Waals surface area contributed by atoms with Crippen LogP contribution in [0.4, 0.5) is 0 Å². The highest BCUT2D eigenvalue weighted by atomic mass is 15.2. The van der Waals surface area contributed by atoms with Crippen molar-refractivity contribution < 1.29 is 0 Å². The van der Waals surface area contributed by atoms with Gasteiger partial charge in [0, 0.05) is 39.3 Å². The normalized spacial score (nSPS) is 28.8. The molecule has 1 spiro atoms. The molecule has 2 saturated heterocycles. The highest BCUT2D eigenvalue weighted by Crippen LogP contribution is 2.53. The van der Waals surface area contributed by atoms with Gasteiger partial charge in [-0.3, -0.25) is 0 Å². The molecule has 0 amide bonds. The van der Waals surface area contributed by atoms with Crippen molar-refractivity contribution in [3.05, 3.63) is 0 Å². The van der Waals surface area contributed by atoms with E-state index in [9.17, 15) is 0 Å². The smallest absolute Gasteiger partial charge is 0.0110 e. The van der Waals surface area contributed by atoms with Gasteiger partial charge in [0.05, 0.1) is 0 Å². The molecule has 3 nitrogen and oxygen atoms in total. The zero-order valence-electron chi connectivity index (χ0n) is 17.5. The summed E-state index contributed by atoms with van der Waals surface area (Å²) in [5, 5.41) is 0. The molecule has 2 aliphatic heterocycles. The minimum Gasteiger partial charge on any atom is -0.304 e. The molecule has 1 atom stereocenters. The fraction of sp³-hybridized carbons (Fsp3) is 1.00. The van der Waals surface area contributed by atoms with E-state index in [4.69, 9.17) is 0 Å². The molecule has 146 valence electrons. The Morgan fingerprint density at radius 1 is 0.920 bits per heavy atom. The predicted molar refractivity (Wildman–Crippen MR) is 108 cm³/mol. The third-order valence-electron chi connectivity index (χ3n) is 7.78. The molecular formula is C22H43N3. The lowest BCUT2D eigenvalue weighted by Gasteiger charge is -2.54. The van der Waals surface area contributed by atoms with Crippen molar-refractivity contribution in [2.45, 2.75) is 65.7 Å². The summed E-state index contributed by atoms with van der Waals surface area (Å²) in [6.07, 6.45) is 10.0. The van der Waals surface area contributed by atoms with E-state index in [-0.39, 0.29) is 0 Å². The van der Waals surface area contributed by atoms with E-state index < -0.39 is 0 Å². The molecule has 0 aromatic rings. The molecule has 1 aliphatic carbocycles. The monoisotopic (exact) mass is 349 g/mol. The summed E-state index contributed by atoms with van der Waals surface area (Å²) in [5.74, 6) is 0.996. The van der Waals surface area contributed by atoms with Gasteiger partial charge in [0.25, 0.3) is 0 Å². The number of likely N-dealkylation sites (N-methyl/N-ethyl adjacent to an activating group) is 1. The molecule has 2 heterocycles. The number of piperidine rings is 1. The first kappa shape index (κ1) is 19.6. The van der Waals surface area contributed by atoms with Crippen LogP contribution in [-0.2, 0) is 0 Å². The molecular weight excluding hydrogens is 306 g/mol. The summed E-state index contributed by atoms with van der Waals surface area (Å²) in [5.41, 5.74) is 1.28. The number of hydrogen-bond donors (Lipinski definition) is 0. The number of hydrogen-bond acceptors (Lipinski definition) is 3. The van der Waals surface area contributed by atoms with Crippen molar-refractivity contribution in [1.29, 1.82) is 0 Å². The van der Waals surface area contributed by atoms with Crippen LogP contribution in [0.3, 0.4) is 0 Å². The maximum absolute atomic E-state index is 2.79. The van der Waals surface area contributed by atoms with Crippen LogP contribution >= 0.6 is 0 Å². The lowest BCUT2D eigenvalue weighted by molar-refractivity contribution is -0.0371. The van der Waals surface area contributed by atoms with Crippen molar-refractivity contribution in [2.24, 2.45) is 16.7 Å². The lowest BCUT2D eigenvalue weighted by atomic mass is 9.57. The Morgan fingerprint density at radius 3 is 2.12 bits per heavy atom. The molecule has 3 rings (SSSR count). The second-order valence-corrected chi connectivity index (χ2v) is 10.1. The number of rotatable bonds is 7. The van der Waals surface area contributed by atoms with Crippen molar-refractivity contribution in [1.82, 2.24) is 14.7 Å². The Labute approximate surface area is 157 Å². The molecule has 0 radical (unpaired) electrons. The van der Waals surface area contributed by atoms with Crippen LogP contribution in [0.1, 0.15) is 65.7 Å². The van der Waals surface area contributed by atoms with E-state index in [1.807, 2.05) is 0 Å². The van der Waals surface area contributed by atoms with Crippen LogP contribution in [0.2, 0.25) is 0 Å². The Kier molecular flexibility index (Phi) is 6.50. The van der Waals surface area contributed by atoms with Gasteiger partial charge in [0.1, 0.15) is 0 Å². The SMILES string of the molecule is CCCC(C)(CC)CN1CCC2(CC1)CC(CN1CCN(C)CC1)C2. The van der Waals surface area contributed by atoms with Gasteiger partial charge in [-0.15, -0.1) is 0 Å². The third kappa shape index (κ3) is 4.99. The van der Waals surface area contributed by atoms with Gasteiger partial charge < -0.3 is 14.7 Å². The summed E-state index contributed by atoms with van der Waals surface area (Å²) in [7, 11) is 2.26. The van der Waals surface area contributed by atoms with Gasteiger partial charge in [-0.05, 0) is 75.4 Å². The summed E-state index contributed by atoms with van der Waals surface area (Å²) >= 11 is 0. The van der Waals surface area contributed by atoms with Gasteiger partial charge in [-0.2, -0.15) is 0 Å². The molecule has 3 aliphatic rings. The van der Waals surface area contributed by atoms with Crippen LogP contribution < -0.4 is 0 Å². The van der Waals surface area contributed by atoms with Crippen LogP contribution in [0, 0.1) is 16.7 Å². The molecule has 3 heteroatoms. The van der Waals surface area contributed by atoms with E-state index in [1.165, 1.54) is 97.3 Å². The Balaban J connectivity index is 1.37. The first-order chi connectivity index (χ1) is 12.0.